The minimum atomic E-state index is -0.535. The van der Waals surface area contributed by atoms with Crippen LogP contribution in [-0.4, -0.2) is 41.5 Å². The maximum atomic E-state index is 14.2. The Morgan fingerprint density at radius 3 is 2.76 bits per heavy atom. The number of anilines is 1. The fraction of sp³-hybridized carbons (Fsp3) is 0.304. The van der Waals surface area contributed by atoms with Gasteiger partial charge in [0.05, 0.1) is 11.8 Å². The van der Waals surface area contributed by atoms with Crippen molar-refractivity contribution in [2.75, 3.05) is 5.32 Å². The number of hydrogen-bond donors (Lipinski definition) is 3. The van der Waals surface area contributed by atoms with Gasteiger partial charge in [-0.05, 0) is 36.6 Å². The zero-order valence-corrected chi connectivity index (χ0v) is 18.5. The van der Waals surface area contributed by atoms with Crippen LogP contribution in [0.25, 0.3) is 11.2 Å². The second-order valence-electron chi connectivity index (χ2n) is 8.41. The molecule has 0 radical (unpaired) electrons. The number of nitrogens with one attached hydrogen (secondary N) is 3. The van der Waals surface area contributed by atoms with Gasteiger partial charge < -0.3 is 15.6 Å². The van der Waals surface area contributed by atoms with Gasteiger partial charge in [0.1, 0.15) is 23.5 Å². The minimum absolute atomic E-state index is 0.0431. The Hall–Kier alpha value is -4.15. The van der Waals surface area contributed by atoms with Crippen LogP contribution >= 0.6 is 0 Å². The SMILES string of the molecule is Cn1cc(C(=O)Nc2cc(F)cc(CNC(=O)c3ncnc4nc(C5CCCC5)[nH]c34)c2)cn1. The number of hydrogen-bond acceptors (Lipinski definition) is 6. The second kappa shape index (κ2) is 9.00. The Morgan fingerprint density at radius 2 is 2.00 bits per heavy atom. The van der Waals surface area contributed by atoms with Crippen molar-refractivity contribution in [1.29, 1.82) is 0 Å². The van der Waals surface area contributed by atoms with E-state index in [1.807, 2.05) is 0 Å². The van der Waals surface area contributed by atoms with E-state index < -0.39 is 17.6 Å². The molecule has 0 unspecified atom stereocenters. The lowest BCUT2D eigenvalue weighted by Gasteiger charge is -2.09. The predicted octanol–water partition coefficient (Wildman–Crippen LogP) is 3.07. The van der Waals surface area contributed by atoms with Crippen LogP contribution in [0.4, 0.5) is 10.1 Å². The molecule has 3 heterocycles. The Morgan fingerprint density at radius 1 is 1.18 bits per heavy atom. The smallest absolute Gasteiger partial charge is 0.272 e. The van der Waals surface area contributed by atoms with Gasteiger partial charge in [-0.1, -0.05) is 12.8 Å². The molecule has 4 aromatic rings. The highest BCUT2D eigenvalue weighted by atomic mass is 19.1. The lowest BCUT2D eigenvalue weighted by atomic mass is 10.1. The van der Waals surface area contributed by atoms with Gasteiger partial charge in [0.15, 0.2) is 11.3 Å². The van der Waals surface area contributed by atoms with E-state index >= 15 is 0 Å². The molecule has 1 aliphatic carbocycles. The number of H-pyrrole nitrogens is 1. The van der Waals surface area contributed by atoms with Crippen molar-refractivity contribution in [3.8, 4) is 0 Å². The summed E-state index contributed by atoms with van der Waals surface area (Å²) in [6.07, 6.45) is 8.75. The van der Waals surface area contributed by atoms with E-state index in [0.717, 1.165) is 18.7 Å². The Balaban J connectivity index is 1.30. The number of imidazole rings is 1. The third-order valence-electron chi connectivity index (χ3n) is 5.90. The first-order chi connectivity index (χ1) is 16.5. The molecule has 1 aromatic carbocycles. The average molecular weight is 462 g/mol. The molecule has 1 saturated carbocycles. The molecule has 0 atom stereocenters. The quantitative estimate of drug-likeness (QED) is 0.404. The number of benzene rings is 1. The highest BCUT2D eigenvalue weighted by molar-refractivity contribution is 6.04. The molecular weight excluding hydrogens is 439 g/mol. The van der Waals surface area contributed by atoms with Gasteiger partial charge in [-0.15, -0.1) is 0 Å². The maximum Gasteiger partial charge on any atom is 0.272 e. The first kappa shape index (κ1) is 21.7. The van der Waals surface area contributed by atoms with Gasteiger partial charge in [-0.2, -0.15) is 5.10 Å². The fourth-order valence-electron chi connectivity index (χ4n) is 4.24. The number of nitrogens with zero attached hydrogens (tertiary/aromatic N) is 5. The van der Waals surface area contributed by atoms with Crippen molar-refractivity contribution >= 4 is 28.7 Å². The molecule has 1 aliphatic rings. The summed E-state index contributed by atoms with van der Waals surface area (Å²) in [5.74, 6) is -0.195. The number of halogens is 1. The number of carbonyl (C=O) groups is 2. The van der Waals surface area contributed by atoms with E-state index in [1.165, 1.54) is 42.2 Å². The van der Waals surface area contributed by atoms with Gasteiger partial charge in [-0.25, -0.2) is 19.3 Å². The molecule has 0 saturated heterocycles. The van der Waals surface area contributed by atoms with Gasteiger partial charge in [0.2, 0.25) is 0 Å². The third-order valence-corrected chi connectivity index (χ3v) is 5.90. The summed E-state index contributed by atoms with van der Waals surface area (Å²) < 4.78 is 15.7. The summed E-state index contributed by atoms with van der Waals surface area (Å²) in [4.78, 5) is 41.3. The van der Waals surface area contributed by atoms with Crippen LogP contribution in [0.15, 0.2) is 36.9 Å². The molecule has 11 heteroatoms. The van der Waals surface area contributed by atoms with Crippen molar-refractivity contribution in [3.05, 3.63) is 65.4 Å². The van der Waals surface area contributed by atoms with E-state index in [0.29, 0.717) is 28.2 Å². The summed E-state index contributed by atoms with van der Waals surface area (Å²) in [6.45, 7) is 0.0431. The van der Waals surface area contributed by atoms with Gasteiger partial charge in [0, 0.05) is 31.4 Å². The highest BCUT2D eigenvalue weighted by Gasteiger charge is 2.23. The largest absolute Gasteiger partial charge is 0.347 e. The van der Waals surface area contributed by atoms with E-state index in [-0.39, 0.29) is 17.9 Å². The van der Waals surface area contributed by atoms with Gasteiger partial charge >= 0.3 is 0 Å². The van der Waals surface area contributed by atoms with Gasteiger partial charge in [-0.3, -0.25) is 14.3 Å². The van der Waals surface area contributed by atoms with Crippen LogP contribution in [0.3, 0.4) is 0 Å². The molecule has 3 N–H and O–H groups in total. The standard InChI is InChI=1S/C23H23FN8O2/c1-32-11-15(10-28-32)22(33)29-17-7-13(6-16(24)8-17)9-25-23(34)19-18-21(27-12-26-19)31-20(30-18)14-4-2-3-5-14/h6-8,10-12,14H,2-5,9H2,1H3,(H,25,34)(H,29,33)(H,26,27,30,31). The number of aromatic nitrogens is 6. The minimum Gasteiger partial charge on any atom is -0.347 e. The van der Waals surface area contributed by atoms with Crippen molar-refractivity contribution in [2.24, 2.45) is 7.05 Å². The van der Waals surface area contributed by atoms with Crippen molar-refractivity contribution in [3.63, 3.8) is 0 Å². The van der Waals surface area contributed by atoms with Crippen molar-refractivity contribution < 1.29 is 14.0 Å². The molecule has 5 rings (SSSR count). The van der Waals surface area contributed by atoms with Crippen molar-refractivity contribution in [1.82, 2.24) is 35.0 Å². The molecule has 0 bridgehead atoms. The average Bonchev–Trinajstić information content (AvgIpc) is 3.56. The van der Waals surface area contributed by atoms with Crippen LogP contribution in [-0.2, 0) is 13.6 Å². The molecule has 1 fully saturated rings. The second-order valence-corrected chi connectivity index (χ2v) is 8.41. The van der Waals surface area contributed by atoms with Crippen LogP contribution in [0.1, 0.15) is 63.8 Å². The van der Waals surface area contributed by atoms with E-state index in [2.05, 4.69) is 35.7 Å². The molecule has 10 nitrogen and oxygen atoms in total. The fourth-order valence-corrected chi connectivity index (χ4v) is 4.24. The predicted molar refractivity (Wildman–Crippen MR) is 122 cm³/mol. The normalized spacial score (nSPS) is 13.9. The number of amides is 2. The molecule has 0 aliphatic heterocycles. The van der Waals surface area contributed by atoms with Crippen molar-refractivity contribution in [2.45, 2.75) is 38.1 Å². The molecular formula is C23H23FN8O2. The number of aryl methyl sites for hydroxylation is 1. The molecule has 34 heavy (non-hydrogen) atoms. The molecule has 174 valence electrons. The number of fused-ring (bicyclic) bond motifs is 1. The van der Waals surface area contributed by atoms with Crippen LogP contribution in [0.2, 0.25) is 0 Å². The Bertz CT molecular complexity index is 1370. The van der Waals surface area contributed by atoms with Crippen LogP contribution in [0.5, 0.6) is 0 Å². The van der Waals surface area contributed by atoms with Gasteiger partial charge in [0.25, 0.3) is 11.8 Å². The lowest BCUT2D eigenvalue weighted by Crippen LogP contribution is -2.24. The van der Waals surface area contributed by atoms with Crippen LogP contribution < -0.4 is 10.6 Å². The first-order valence-electron chi connectivity index (χ1n) is 11.0. The summed E-state index contributed by atoms with van der Waals surface area (Å²) in [6, 6.07) is 4.11. The molecule has 3 aromatic heterocycles. The lowest BCUT2D eigenvalue weighted by molar-refractivity contribution is 0.0946. The van der Waals surface area contributed by atoms with E-state index in [4.69, 9.17) is 0 Å². The molecule has 0 spiro atoms. The number of carbonyl (C=O) groups excluding carboxylic acids is 2. The van der Waals surface area contributed by atoms with E-state index in [1.54, 1.807) is 19.3 Å². The topological polar surface area (TPSA) is 130 Å². The van der Waals surface area contributed by atoms with E-state index in [9.17, 15) is 14.0 Å². The Labute approximate surface area is 194 Å². The summed E-state index contributed by atoms with van der Waals surface area (Å²) in [5.41, 5.74) is 2.24. The highest BCUT2D eigenvalue weighted by Crippen LogP contribution is 2.33. The Kier molecular flexibility index (Phi) is 5.74. The zero-order valence-electron chi connectivity index (χ0n) is 18.5. The first-order valence-corrected chi connectivity index (χ1v) is 11.0. The summed E-state index contributed by atoms with van der Waals surface area (Å²) in [7, 11) is 1.70. The van der Waals surface area contributed by atoms with Crippen LogP contribution in [0, 0.1) is 5.82 Å². The zero-order chi connectivity index (χ0) is 23.7. The third kappa shape index (κ3) is 4.49. The molecule has 2 amide bonds. The maximum absolute atomic E-state index is 14.2. The monoisotopic (exact) mass is 462 g/mol. The summed E-state index contributed by atoms with van der Waals surface area (Å²) in [5, 5.41) is 9.36. The number of rotatable bonds is 6. The number of aromatic amines is 1. The summed E-state index contributed by atoms with van der Waals surface area (Å²) >= 11 is 0.